The van der Waals surface area contributed by atoms with Gasteiger partial charge >= 0.3 is 0 Å². The Kier molecular flexibility index (Phi) is 16.9. The molecule has 0 aliphatic heterocycles. The fraction of sp³-hybridized carbons (Fsp3) is 0.643. The standard InChI is InChI=1S/C14H26.C12H16.C2H6/c1-3-4-8-13(2)9-7-12-14-10-5-6-11-14;1-10(2)4-7-12-8-5-11(3)6-9-12;1-2/h7,12-14H,3-6,8-11H2,1-2H3;5-6,8-9H,1,4,7H2,2-3H3;1-2H3/b12-7+;;. The molecule has 0 aromatic heterocycles. The summed E-state index contributed by atoms with van der Waals surface area (Å²) in [5.74, 6) is 1.82. The van der Waals surface area contributed by atoms with Crippen molar-refractivity contribution in [3.63, 3.8) is 0 Å². The Morgan fingerprint density at radius 3 is 2.29 bits per heavy atom. The Morgan fingerprint density at radius 2 is 1.75 bits per heavy atom. The zero-order chi connectivity index (χ0) is 21.2. The normalized spacial score (nSPS) is 14.8. The third kappa shape index (κ3) is 14.7. The molecular weight excluding hydrogens is 336 g/mol. The molecule has 1 aliphatic rings. The fourth-order valence-electron chi connectivity index (χ4n) is 3.44. The average Bonchev–Trinajstić information content (AvgIpc) is 3.21. The van der Waals surface area contributed by atoms with Crippen molar-refractivity contribution in [2.45, 2.75) is 106 Å². The first-order valence-corrected chi connectivity index (χ1v) is 11.9. The molecule has 0 bridgehead atoms. The third-order valence-electron chi connectivity index (χ3n) is 5.36. The summed E-state index contributed by atoms with van der Waals surface area (Å²) in [4.78, 5) is 0. The largest absolute Gasteiger partial charge is 0.100 e. The minimum atomic E-state index is 0.896. The molecule has 0 saturated heterocycles. The predicted molar refractivity (Wildman–Crippen MR) is 130 cm³/mol. The number of unbranched alkanes of at least 4 members (excludes halogenated alkanes) is 1. The van der Waals surface area contributed by atoms with E-state index >= 15 is 0 Å². The van der Waals surface area contributed by atoms with Gasteiger partial charge < -0.3 is 0 Å². The van der Waals surface area contributed by atoms with E-state index in [1.165, 1.54) is 68.1 Å². The maximum Gasteiger partial charge on any atom is -0.0234 e. The van der Waals surface area contributed by atoms with E-state index in [-0.39, 0.29) is 0 Å². The molecule has 1 aromatic carbocycles. The van der Waals surface area contributed by atoms with Gasteiger partial charge in [-0.05, 0) is 63.4 Å². The van der Waals surface area contributed by atoms with Crippen LogP contribution < -0.4 is 0 Å². The van der Waals surface area contributed by atoms with E-state index in [1.54, 1.807) is 0 Å². The van der Waals surface area contributed by atoms with Crippen molar-refractivity contribution in [2.75, 3.05) is 0 Å². The smallest absolute Gasteiger partial charge is 0.0234 e. The van der Waals surface area contributed by atoms with Crippen molar-refractivity contribution in [3.05, 3.63) is 59.7 Å². The van der Waals surface area contributed by atoms with Crippen LogP contribution in [0.3, 0.4) is 0 Å². The van der Waals surface area contributed by atoms with Gasteiger partial charge in [0, 0.05) is 0 Å². The molecule has 1 aliphatic carbocycles. The highest BCUT2D eigenvalue weighted by Crippen LogP contribution is 2.26. The number of hydrogen-bond acceptors (Lipinski definition) is 0. The predicted octanol–water partition coefficient (Wildman–Crippen LogP) is 9.48. The van der Waals surface area contributed by atoms with Crippen LogP contribution in [0.2, 0.25) is 0 Å². The van der Waals surface area contributed by atoms with Gasteiger partial charge in [0.25, 0.3) is 0 Å². The van der Waals surface area contributed by atoms with Gasteiger partial charge in [0.1, 0.15) is 0 Å². The maximum absolute atomic E-state index is 3.89. The van der Waals surface area contributed by atoms with Crippen molar-refractivity contribution < 1.29 is 0 Å². The van der Waals surface area contributed by atoms with Gasteiger partial charge in [-0.25, -0.2) is 0 Å². The first kappa shape index (κ1) is 26.7. The van der Waals surface area contributed by atoms with Crippen LogP contribution in [0.25, 0.3) is 0 Å². The second-order valence-corrected chi connectivity index (χ2v) is 8.40. The average molecular weight is 385 g/mol. The number of hydrogen-bond donors (Lipinski definition) is 0. The minimum Gasteiger partial charge on any atom is -0.100 e. The summed E-state index contributed by atoms with van der Waals surface area (Å²) < 4.78 is 0. The molecule has 0 spiro atoms. The van der Waals surface area contributed by atoms with E-state index in [4.69, 9.17) is 0 Å². The molecule has 0 N–H and O–H groups in total. The molecule has 1 saturated carbocycles. The SMILES string of the molecule is C=C(C)CCc1ccc(C)cc1.CC.CCCCC(C)C/C=C/C1CCCC1. The van der Waals surface area contributed by atoms with E-state index < -0.39 is 0 Å². The first-order chi connectivity index (χ1) is 13.5. The van der Waals surface area contributed by atoms with E-state index in [0.29, 0.717) is 0 Å². The molecule has 28 heavy (non-hydrogen) atoms. The summed E-state index contributed by atoms with van der Waals surface area (Å²) in [7, 11) is 0. The van der Waals surface area contributed by atoms with Crippen LogP contribution in [-0.2, 0) is 6.42 Å². The van der Waals surface area contributed by atoms with E-state index in [0.717, 1.165) is 24.7 Å². The lowest BCUT2D eigenvalue weighted by Gasteiger charge is -2.07. The second kappa shape index (κ2) is 17.8. The lowest BCUT2D eigenvalue weighted by molar-refractivity contribution is 0.510. The number of rotatable bonds is 9. The zero-order valence-electron chi connectivity index (χ0n) is 19.9. The summed E-state index contributed by atoms with van der Waals surface area (Å²) >= 11 is 0. The Labute approximate surface area is 177 Å². The molecule has 1 atom stereocenters. The Hall–Kier alpha value is -1.30. The summed E-state index contributed by atoms with van der Waals surface area (Å²) in [6, 6.07) is 8.71. The molecule has 2 rings (SSSR count). The van der Waals surface area contributed by atoms with Crippen LogP contribution in [0, 0.1) is 18.8 Å². The van der Waals surface area contributed by atoms with Gasteiger partial charge in [-0.15, -0.1) is 6.58 Å². The van der Waals surface area contributed by atoms with Crippen molar-refractivity contribution in [2.24, 2.45) is 11.8 Å². The van der Waals surface area contributed by atoms with Crippen LogP contribution in [-0.4, -0.2) is 0 Å². The lowest BCUT2D eigenvalue weighted by Crippen LogP contribution is -1.93. The summed E-state index contributed by atoms with van der Waals surface area (Å²) in [6.07, 6.45) is 18.4. The van der Waals surface area contributed by atoms with Crippen LogP contribution in [0.1, 0.15) is 104 Å². The van der Waals surface area contributed by atoms with Crippen molar-refractivity contribution in [1.29, 1.82) is 0 Å². The highest BCUT2D eigenvalue weighted by atomic mass is 14.2. The van der Waals surface area contributed by atoms with Crippen LogP contribution in [0.15, 0.2) is 48.6 Å². The van der Waals surface area contributed by atoms with E-state index in [2.05, 4.69) is 70.7 Å². The molecule has 1 fully saturated rings. The molecule has 0 heterocycles. The monoisotopic (exact) mass is 384 g/mol. The van der Waals surface area contributed by atoms with Crippen LogP contribution in [0.4, 0.5) is 0 Å². The molecule has 1 aromatic rings. The van der Waals surface area contributed by atoms with Crippen molar-refractivity contribution in [1.82, 2.24) is 0 Å². The summed E-state index contributed by atoms with van der Waals surface area (Å²) in [6.45, 7) is 16.7. The van der Waals surface area contributed by atoms with Crippen LogP contribution >= 0.6 is 0 Å². The molecule has 0 amide bonds. The van der Waals surface area contributed by atoms with Gasteiger partial charge in [0.05, 0.1) is 0 Å². The molecule has 0 heteroatoms. The van der Waals surface area contributed by atoms with Gasteiger partial charge in [-0.3, -0.25) is 0 Å². The van der Waals surface area contributed by atoms with Gasteiger partial charge in [-0.1, -0.05) is 107 Å². The molecule has 160 valence electrons. The number of aryl methyl sites for hydroxylation is 2. The Bertz CT molecular complexity index is 499. The van der Waals surface area contributed by atoms with E-state index in [9.17, 15) is 0 Å². The maximum atomic E-state index is 3.89. The van der Waals surface area contributed by atoms with E-state index in [1.807, 2.05) is 13.8 Å². The van der Waals surface area contributed by atoms with Crippen molar-refractivity contribution in [3.8, 4) is 0 Å². The molecular formula is C28H48. The fourth-order valence-corrected chi connectivity index (χ4v) is 3.44. The lowest BCUT2D eigenvalue weighted by atomic mass is 9.99. The summed E-state index contributed by atoms with van der Waals surface area (Å²) in [5.41, 5.74) is 3.99. The Balaban J connectivity index is 0.000000483. The van der Waals surface area contributed by atoms with Gasteiger partial charge in [0.15, 0.2) is 0 Å². The molecule has 1 unspecified atom stereocenters. The van der Waals surface area contributed by atoms with Crippen molar-refractivity contribution >= 4 is 0 Å². The minimum absolute atomic E-state index is 0.896. The highest BCUT2D eigenvalue weighted by Gasteiger charge is 2.10. The number of allylic oxidation sites excluding steroid dienone is 3. The number of benzene rings is 1. The Morgan fingerprint density at radius 1 is 1.14 bits per heavy atom. The summed E-state index contributed by atoms with van der Waals surface area (Å²) in [5, 5.41) is 0. The van der Waals surface area contributed by atoms with Gasteiger partial charge in [-0.2, -0.15) is 0 Å². The topological polar surface area (TPSA) is 0 Å². The molecule has 0 radical (unpaired) electrons. The van der Waals surface area contributed by atoms with Gasteiger partial charge in [0.2, 0.25) is 0 Å². The first-order valence-electron chi connectivity index (χ1n) is 11.9. The highest BCUT2D eigenvalue weighted by molar-refractivity contribution is 5.21. The van der Waals surface area contributed by atoms with Crippen LogP contribution in [0.5, 0.6) is 0 Å². The third-order valence-corrected chi connectivity index (χ3v) is 5.36. The quantitative estimate of drug-likeness (QED) is 0.372. The second-order valence-electron chi connectivity index (χ2n) is 8.40. The molecule has 0 nitrogen and oxygen atoms in total. The zero-order valence-corrected chi connectivity index (χ0v) is 19.9.